The number of halogens is 3. The zero-order valence-corrected chi connectivity index (χ0v) is 9.40. The van der Waals surface area contributed by atoms with Gasteiger partial charge in [-0.3, -0.25) is 0 Å². The Bertz CT molecular complexity index is 368. The number of aryl methyl sites for hydroxylation is 1. The van der Waals surface area contributed by atoms with E-state index in [1.807, 2.05) is 0 Å². The maximum absolute atomic E-state index is 12.0. The fraction of sp³-hybridized carbons (Fsp3) is 0.400. The average Bonchev–Trinajstić information content (AvgIpc) is 2.18. The SMILES string of the molecule is Cc1cccc(SCC(O)C(F)(F)F)c1N. The van der Waals surface area contributed by atoms with Crippen LogP contribution < -0.4 is 5.73 Å². The van der Waals surface area contributed by atoms with Crippen LogP contribution in [-0.4, -0.2) is 23.1 Å². The van der Waals surface area contributed by atoms with Gasteiger partial charge in [0.2, 0.25) is 0 Å². The first-order valence-electron chi connectivity index (χ1n) is 4.55. The Kier molecular flexibility index (Phi) is 4.09. The molecule has 1 atom stereocenters. The minimum atomic E-state index is -4.58. The standard InChI is InChI=1S/C10H12F3NOS/c1-6-3-2-4-7(9(6)14)16-5-8(15)10(11,12)13/h2-4,8,15H,5,14H2,1H3. The van der Waals surface area contributed by atoms with Crippen molar-refractivity contribution in [3.63, 3.8) is 0 Å². The van der Waals surface area contributed by atoms with Crippen molar-refractivity contribution in [2.24, 2.45) is 0 Å². The van der Waals surface area contributed by atoms with Crippen LogP contribution in [0.3, 0.4) is 0 Å². The van der Waals surface area contributed by atoms with E-state index in [1.165, 1.54) is 0 Å². The summed E-state index contributed by atoms with van der Waals surface area (Å²) in [7, 11) is 0. The average molecular weight is 251 g/mol. The van der Waals surface area contributed by atoms with Crippen LogP contribution in [0.1, 0.15) is 5.56 Å². The number of thioether (sulfide) groups is 1. The molecule has 1 aromatic carbocycles. The molecule has 0 heterocycles. The Morgan fingerprint density at radius 2 is 2.06 bits per heavy atom. The molecule has 16 heavy (non-hydrogen) atoms. The number of rotatable bonds is 3. The van der Waals surface area contributed by atoms with Gasteiger partial charge in [-0.25, -0.2) is 0 Å². The van der Waals surface area contributed by atoms with Crippen LogP contribution in [0.4, 0.5) is 18.9 Å². The van der Waals surface area contributed by atoms with Gasteiger partial charge in [-0.15, -0.1) is 11.8 Å². The highest BCUT2D eigenvalue weighted by Crippen LogP contribution is 2.31. The van der Waals surface area contributed by atoms with Gasteiger partial charge in [0.1, 0.15) is 0 Å². The first-order valence-corrected chi connectivity index (χ1v) is 5.53. The topological polar surface area (TPSA) is 46.2 Å². The van der Waals surface area contributed by atoms with Crippen LogP contribution in [0.25, 0.3) is 0 Å². The lowest BCUT2D eigenvalue weighted by Crippen LogP contribution is -2.30. The van der Waals surface area contributed by atoms with Crippen LogP contribution in [-0.2, 0) is 0 Å². The number of hydrogen-bond acceptors (Lipinski definition) is 3. The summed E-state index contributed by atoms with van der Waals surface area (Å²) >= 11 is 0.901. The minimum Gasteiger partial charge on any atom is -0.398 e. The molecule has 0 aliphatic rings. The molecule has 0 bridgehead atoms. The molecule has 90 valence electrons. The number of hydrogen-bond donors (Lipinski definition) is 2. The minimum absolute atomic E-state index is 0.447. The van der Waals surface area contributed by atoms with Crippen LogP contribution in [0, 0.1) is 6.92 Å². The van der Waals surface area contributed by atoms with Gasteiger partial charge in [-0.1, -0.05) is 12.1 Å². The molecule has 1 rings (SSSR count). The molecule has 0 fully saturated rings. The molecule has 6 heteroatoms. The second-order valence-electron chi connectivity index (χ2n) is 3.36. The van der Waals surface area contributed by atoms with E-state index in [4.69, 9.17) is 10.8 Å². The lowest BCUT2D eigenvalue weighted by molar-refractivity contribution is -0.195. The predicted molar refractivity (Wildman–Crippen MR) is 58.4 cm³/mol. The van der Waals surface area contributed by atoms with Crippen LogP contribution in [0.15, 0.2) is 23.1 Å². The fourth-order valence-electron chi connectivity index (χ4n) is 1.04. The first kappa shape index (κ1) is 13.2. The van der Waals surface area contributed by atoms with Gasteiger partial charge in [-0.05, 0) is 18.6 Å². The number of benzene rings is 1. The fourth-order valence-corrected chi connectivity index (χ4v) is 2.06. The number of alkyl halides is 3. The molecule has 3 N–H and O–H groups in total. The van der Waals surface area contributed by atoms with Crippen molar-refractivity contribution in [1.29, 1.82) is 0 Å². The van der Waals surface area contributed by atoms with Crippen molar-refractivity contribution in [3.05, 3.63) is 23.8 Å². The second kappa shape index (κ2) is 4.97. The monoisotopic (exact) mass is 251 g/mol. The number of para-hydroxylation sites is 1. The number of aliphatic hydroxyl groups excluding tert-OH is 1. The molecular weight excluding hydrogens is 239 g/mol. The maximum Gasteiger partial charge on any atom is 0.415 e. The van der Waals surface area contributed by atoms with Crippen molar-refractivity contribution in [2.75, 3.05) is 11.5 Å². The molecule has 0 saturated carbocycles. The molecule has 2 nitrogen and oxygen atoms in total. The van der Waals surface area contributed by atoms with Crippen molar-refractivity contribution in [3.8, 4) is 0 Å². The summed E-state index contributed by atoms with van der Waals surface area (Å²) in [4.78, 5) is 0.559. The summed E-state index contributed by atoms with van der Waals surface area (Å²) < 4.78 is 36.1. The normalized spacial score (nSPS) is 13.8. The highest BCUT2D eigenvalue weighted by molar-refractivity contribution is 7.99. The van der Waals surface area contributed by atoms with Crippen LogP contribution in [0.5, 0.6) is 0 Å². The van der Waals surface area contributed by atoms with Gasteiger partial charge in [0, 0.05) is 16.3 Å². The Morgan fingerprint density at radius 1 is 1.44 bits per heavy atom. The van der Waals surface area contributed by atoms with Gasteiger partial charge in [0.05, 0.1) is 0 Å². The molecule has 0 aliphatic heterocycles. The van der Waals surface area contributed by atoms with E-state index >= 15 is 0 Å². The van der Waals surface area contributed by atoms with Crippen molar-refractivity contribution in [2.45, 2.75) is 24.1 Å². The zero-order chi connectivity index (χ0) is 12.3. The molecule has 0 aromatic heterocycles. The molecule has 1 aromatic rings. The molecule has 1 unspecified atom stereocenters. The molecule has 0 saturated heterocycles. The third-order valence-electron chi connectivity index (χ3n) is 2.06. The molecule has 0 aliphatic carbocycles. The third-order valence-corrected chi connectivity index (χ3v) is 3.21. The Hall–Kier alpha value is -0.880. The number of nitrogen functional groups attached to an aromatic ring is 1. The van der Waals surface area contributed by atoms with Gasteiger partial charge < -0.3 is 10.8 Å². The summed E-state index contributed by atoms with van der Waals surface area (Å²) in [6, 6.07) is 5.13. The Labute approximate surface area is 95.6 Å². The van der Waals surface area contributed by atoms with E-state index < -0.39 is 18.0 Å². The smallest absolute Gasteiger partial charge is 0.398 e. The van der Waals surface area contributed by atoms with E-state index in [-0.39, 0.29) is 0 Å². The van der Waals surface area contributed by atoms with Crippen LogP contribution in [0.2, 0.25) is 0 Å². The lowest BCUT2D eigenvalue weighted by Gasteiger charge is -2.14. The van der Waals surface area contributed by atoms with E-state index in [1.54, 1.807) is 25.1 Å². The lowest BCUT2D eigenvalue weighted by atomic mass is 10.2. The number of anilines is 1. The quantitative estimate of drug-likeness (QED) is 0.641. The number of nitrogens with two attached hydrogens (primary N) is 1. The summed E-state index contributed by atoms with van der Waals surface area (Å²) in [6.07, 6.45) is -6.90. The molecule has 0 radical (unpaired) electrons. The summed E-state index contributed by atoms with van der Waals surface area (Å²) in [5.74, 6) is -0.447. The highest BCUT2D eigenvalue weighted by Gasteiger charge is 2.37. The third kappa shape index (κ3) is 3.31. The van der Waals surface area contributed by atoms with Gasteiger partial charge in [0.25, 0.3) is 0 Å². The molecule has 0 spiro atoms. The Balaban J connectivity index is 2.65. The van der Waals surface area contributed by atoms with E-state index in [0.717, 1.165) is 17.3 Å². The molecular formula is C10H12F3NOS. The highest BCUT2D eigenvalue weighted by atomic mass is 32.2. The summed E-state index contributed by atoms with van der Waals surface area (Å²) in [5, 5.41) is 8.82. The van der Waals surface area contributed by atoms with Crippen molar-refractivity contribution in [1.82, 2.24) is 0 Å². The van der Waals surface area contributed by atoms with Crippen molar-refractivity contribution < 1.29 is 18.3 Å². The van der Waals surface area contributed by atoms with Gasteiger partial charge >= 0.3 is 6.18 Å². The van der Waals surface area contributed by atoms with E-state index in [9.17, 15) is 13.2 Å². The second-order valence-corrected chi connectivity index (χ2v) is 4.42. The van der Waals surface area contributed by atoms with Gasteiger partial charge in [0.15, 0.2) is 6.10 Å². The zero-order valence-electron chi connectivity index (χ0n) is 8.58. The summed E-state index contributed by atoms with van der Waals surface area (Å²) in [5.41, 5.74) is 6.97. The maximum atomic E-state index is 12.0. The predicted octanol–water partition coefficient (Wildman–Crippen LogP) is 2.59. The first-order chi connectivity index (χ1) is 7.32. The van der Waals surface area contributed by atoms with E-state index in [2.05, 4.69) is 0 Å². The molecule has 0 amide bonds. The Morgan fingerprint density at radius 3 is 2.62 bits per heavy atom. The van der Waals surface area contributed by atoms with E-state index in [0.29, 0.717) is 10.6 Å². The van der Waals surface area contributed by atoms with Crippen molar-refractivity contribution >= 4 is 17.4 Å². The number of aliphatic hydroxyl groups is 1. The van der Waals surface area contributed by atoms with Gasteiger partial charge in [-0.2, -0.15) is 13.2 Å². The summed E-state index contributed by atoms with van der Waals surface area (Å²) in [6.45, 7) is 1.78. The largest absolute Gasteiger partial charge is 0.415 e. The van der Waals surface area contributed by atoms with Crippen LogP contribution >= 0.6 is 11.8 Å².